The van der Waals surface area contributed by atoms with E-state index in [9.17, 15) is 0 Å². The molecule has 0 atom stereocenters. The van der Waals surface area contributed by atoms with Crippen LogP contribution in [0.5, 0.6) is 0 Å². The molecule has 0 radical (unpaired) electrons. The van der Waals surface area contributed by atoms with E-state index in [1.807, 2.05) is 0 Å². The predicted molar refractivity (Wildman–Crippen MR) is 259 cm³/mol. The van der Waals surface area contributed by atoms with Crippen molar-refractivity contribution in [2.45, 2.75) is 19.3 Å². The molecule has 0 aliphatic heterocycles. The lowest BCUT2D eigenvalue weighted by Gasteiger charge is -2.29. The van der Waals surface area contributed by atoms with E-state index in [1.54, 1.807) is 0 Å². The molecule has 0 fully saturated rings. The van der Waals surface area contributed by atoms with Crippen LogP contribution in [-0.2, 0) is 5.41 Å². The molecule has 2 nitrogen and oxygen atoms in total. The zero-order chi connectivity index (χ0) is 40.7. The van der Waals surface area contributed by atoms with E-state index in [0.717, 1.165) is 17.1 Å². The average molecular weight is 779 g/mol. The van der Waals surface area contributed by atoms with Crippen LogP contribution in [0.4, 0.5) is 17.1 Å². The van der Waals surface area contributed by atoms with Crippen molar-refractivity contribution >= 4 is 60.4 Å². The van der Waals surface area contributed by atoms with Crippen LogP contribution in [0.2, 0.25) is 0 Å². The molecule has 1 aliphatic carbocycles. The topological polar surface area (TPSA) is 8.17 Å². The molecule has 12 rings (SSSR count). The Kier molecular flexibility index (Phi) is 7.92. The quantitative estimate of drug-likeness (QED) is 0.153. The molecule has 0 saturated carbocycles. The lowest BCUT2D eigenvalue weighted by atomic mass is 9.82. The van der Waals surface area contributed by atoms with Gasteiger partial charge in [-0.15, -0.1) is 0 Å². The Morgan fingerprint density at radius 2 is 0.967 bits per heavy atom. The van der Waals surface area contributed by atoms with E-state index in [2.05, 4.69) is 242 Å². The third-order valence-corrected chi connectivity index (χ3v) is 13.2. The Hall–Kier alpha value is -7.68. The Labute approximate surface area is 356 Å². The van der Waals surface area contributed by atoms with E-state index in [1.165, 1.54) is 93.5 Å². The van der Waals surface area contributed by atoms with Crippen LogP contribution in [0, 0.1) is 0 Å². The summed E-state index contributed by atoms with van der Waals surface area (Å²) < 4.78 is 2.39. The van der Waals surface area contributed by atoms with Crippen molar-refractivity contribution in [1.29, 1.82) is 0 Å². The minimum atomic E-state index is -0.110. The van der Waals surface area contributed by atoms with Crippen LogP contribution in [0.15, 0.2) is 218 Å². The minimum Gasteiger partial charge on any atom is -0.310 e. The maximum Gasteiger partial charge on any atom is 0.0547 e. The number of nitrogens with zero attached hydrogens (tertiary/aromatic N) is 2. The molecular formula is C59H42N2. The highest BCUT2D eigenvalue weighted by atomic mass is 15.1. The molecule has 0 amide bonds. The number of hydrogen-bond acceptors (Lipinski definition) is 1. The molecule has 288 valence electrons. The smallest absolute Gasteiger partial charge is 0.0547 e. The van der Waals surface area contributed by atoms with Gasteiger partial charge in [-0.1, -0.05) is 178 Å². The number of aromatic nitrogens is 1. The summed E-state index contributed by atoms with van der Waals surface area (Å²) in [6.07, 6.45) is 0. The van der Waals surface area contributed by atoms with Gasteiger partial charge in [0.2, 0.25) is 0 Å². The van der Waals surface area contributed by atoms with Crippen LogP contribution in [0.3, 0.4) is 0 Å². The molecule has 0 spiro atoms. The van der Waals surface area contributed by atoms with Crippen molar-refractivity contribution in [3.05, 3.63) is 230 Å². The first kappa shape index (κ1) is 35.3. The van der Waals surface area contributed by atoms with Gasteiger partial charge in [-0.05, 0) is 115 Å². The van der Waals surface area contributed by atoms with E-state index >= 15 is 0 Å². The molecule has 0 unspecified atom stereocenters. The van der Waals surface area contributed by atoms with Gasteiger partial charge in [0.1, 0.15) is 0 Å². The van der Waals surface area contributed by atoms with Gasteiger partial charge in [0.25, 0.3) is 0 Å². The molecule has 0 N–H and O–H groups in total. The Morgan fingerprint density at radius 3 is 1.79 bits per heavy atom. The van der Waals surface area contributed by atoms with Crippen molar-refractivity contribution in [2.24, 2.45) is 0 Å². The number of anilines is 3. The first-order valence-electron chi connectivity index (χ1n) is 21.3. The van der Waals surface area contributed by atoms with Crippen LogP contribution in [-0.4, -0.2) is 4.57 Å². The van der Waals surface area contributed by atoms with Gasteiger partial charge in [-0.3, -0.25) is 0 Å². The largest absolute Gasteiger partial charge is 0.310 e. The van der Waals surface area contributed by atoms with Crippen LogP contribution < -0.4 is 4.90 Å². The van der Waals surface area contributed by atoms with Gasteiger partial charge in [0.05, 0.1) is 16.7 Å². The predicted octanol–water partition coefficient (Wildman–Crippen LogP) is 16.2. The van der Waals surface area contributed by atoms with Crippen molar-refractivity contribution in [2.75, 3.05) is 4.90 Å². The van der Waals surface area contributed by atoms with Crippen LogP contribution in [0.1, 0.15) is 25.0 Å². The normalized spacial score (nSPS) is 12.9. The van der Waals surface area contributed by atoms with E-state index in [4.69, 9.17) is 0 Å². The summed E-state index contributed by atoms with van der Waals surface area (Å²) in [5.41, 5.74) is 17.0. The second kappa shape index (κ2) is 13.7. The molecule has 1 heterocycles. The van der Waals surface area contributed by atoms with Crippen LogP contribution >= 0.6 is 0 Å². The Morgan fingerprint density at radius 1 is 0.377 bits per heavy atom. The average Bonchev–Trinajstić information content (AvgIpc) is 3.78. The van der Waals surface area contributed by atoms with Crippen molar-refractivity contribution in [3.63, 3.8) is 0 Å². The fourth-order valence-electron chi connectivity index (χ4n) is 10.2. The number of benzene rings is 10. The molecule has 0 bridgehead atoms. The van der Waals surface area contributed by atoms with Crippen LogP contribution in [0.25, 0.3) is 82.4 Å². The van der Waals surface area contributed by atoms with Gasteiger partial charge in [-0.2, -0.15) is 0 Å². The fraction of sp³-hybridized carbons (Fsp3) is 0.0508. The minimum absolute atomic E-state index is 0.110. The first-order valence-corrected chi connectivity index (χ1v) is 21.3. The summed E-state index contributed by atoms with van der Waals surface area (Å²) in [5, 5.41) is 7.62. The molecule has 0 saturated heterocycles. The number of rotatable bonds is 6. The number of hydrogen-bond donors (Lipinski definition) is 0. The third-order valence-electron chi connectivity index (χ3n) is 13.2. The summed E-state index contributed by atoms with van der Waals surface area (Å²) in [7, 11) is 0. The number of para-hydroxylation sites is 2. The van der Waals surface area contributed by atoms with Gasteiger partial charge in [0, 0.05) is 38.8 Å². The maximum atomic E-state index is 2.46. The Bertz CT molecular complexity index is 3480. The first-order chi connectivity index (χ1) is 30.0. The van der Waals surface area contributed by atoms with Gasteiger partial charge in [-0.25, -0.2) is 0 Å². The fourth-order valence-corrected chi connectivity index (χ4v) is 10.2. The van der Waals surface area contributed by atoms with E-state index in [-0.39, 0.29) is 5.41 Å². The van der Waals surface area contributed by atoms with Gasteiger partial charge < -0.3 is 9.47 Å². The lowest BCUT2D eigenvalue weighted by molar-refractivity contribution is 0.660. The Balaban J connectivity index is 0.995. The van der Waals surface area contributed by atoms with E-state index < -0.39 is 0 Å². The molecule has 11 aromatic rings. The zero-order valence-electron chi connectivity index (χ0n) is 34.2. The summed E-state index contributed by atoms with van der Waals surface area (Å²) in [6, 6.07) is 80.4. The maximum absolute atomic E-state index is 2.46. The molecular weight excluding hydrogens is 737 g/mol. The summed E-state index contributed by atoms with van der Waals surface area (Å²) in [5.74, 6) is 0. The van der Waals surface area contributed by atoms with Crippen molar-refractivity contribution < 1.29 is 0 Å². The number of fused-ring (bicyclic) bond motifs is 9. The molecule has 1 aliphatic rings. The highest BCUT2D eigenvalue weighted by molar-refractivity contribution is 6.12. The highest BCUT2D eigenvalue weighted by Gasteiger charge is 2.37. The summed E-state index contributed by atoms with van der Waals surface area (Å²) >= 11 is 0. The third kappa shape index (κ3) is 5.49. The summed E-state index contributed by atoms with van der Waals surface area (Å²) in [6.45, 7) is 4.72. The standard InChI is InChI=1S/C59H42N2/c1-59(2)53-22-10-8-19-52(53)58-54(59)23-13-25-56(58)60(45-34-28-41(29-35-45)47-20-12-21-48-46-17-7-6-14-40(46)30-36-49(47)48)44-32-26-39(27-33-44)42-31-37-51-50-18-9-11-24-55(50)61(57(51)38-42)43-15-4-3-5-16-43/h3-38H,1-2H3. The van der Waals surface area contributed by atoms with Crippen molar-refractivity contribution in [1.82, 2.24) is 4.57 Å². The second-order valence-corrected chi connectivity index (χ2v) is 16.9. The van der Waals surface area contributed by atoms with E-state index in [0.29, 0.717) is 0 Å². The molecule has 1 aromatic heterocycles. The zero-order valence-corrected chi connectivity index (χ0v) is 34.2. The van der Waals surface area contributed by atoms with Crippen molar-refractivity contribution in [3.8, 4) is 39.1 Å². The summed E-state index contributed by atoms with van der Waals surface area (Å²) in [4.78, 5) is 2.46. The lowest BCUT2D eigenvalue weighted by Crippen LogP contribution is -2.16. The molecule has 61 heavy (non-hydrogen) atoms. The molecule has 2 heteroatoms. The van der Waals surface area contributed by atoms with Gasteiger partial charge in [0.15, 0.2) is 0 Å². The second-order valence-electron chi connectivity index (χ2n) is 16.9. The van der Waals surface area contributed by atoms with Gasteiger partial charge >= 0.3 is 0 Å². The monoisotopic (exact) mass is 778 g/mol. The highest BCUT2D eigenvalue weighted by Crippen LogP contribution is 2.54. The molecule has 10 aromatic carbocycles. The SMILES string of the molecule is CC1(C)c2ccccc2-c2c(N(c3ccc(-c4ccc5c6ccccc6n(-c6ccccc6)c5c4)cc3)c3ccc(-c4cccc5c4ccc4ccccc45)cc3)cccc21.